The first-order chi connectivity index (χ1) is 17.0. The summed E-state index contributed by atoms with van der Waals surface area (Å²) in [5.41, 5.74) is 4.76. The van der Waals surface area contributed by atoms with Gasteiger partial charge in [0.1, 0.15) is 11.5 Å². The first kappa shape index (κ1) is 22.0. The smallest absolute Gasteiger partial charge is 0.323 e. The molecule has 2 heterocycles. The number of nitrogens with zero attached hydrogens (tertiary/aromatic N) is 4. The van der Waals surface area contributed by atoms with Crippen molar-refractivity contribution in [3.05, 3.63) is 102 Å². The number of amides is 2. The lowest BCUT2D eigenvalue weighted by atomic mass is 10.2. The highest BCUT2D eigenvalue weighted by atomic mass is 19.1. The van der Waals surface area contributed by atoms with Crippen molar-refractivity contribution in [2.45, 2.75) is 13.5 Å². The number of aromatic nitrogens is 4. The molecule has 0 aliphatic carbocycles. The summed E-state index contributed by atoms with van der Waals surface area (Å²) in [5, 5.41) is 9.58. The van der Waals surface area contributed by atoms with Crippen LogP contribution in [0.5, 0.6) is 0 Å². The normalized spacial score (nSPS) is 10.8. The van der Waals surface area contributed by atoms with Crippen LogP contribution in [0.15, 0.2) is 89.8 Å². The highest BCUT2D eigenvalue weighted by molar-refractivity contribution is 5.99. The summed E-state index contributed by atoms with van der Waals surface area (Å²) < 4.78 is 20.3. The second kappa shape index (κ2) is 9.60. The van der Waals surface area contributed by atoms with Gasteiger partial charge in [0.05, 0.1) is 6.33 Å². The van der Waals surface area contributed by atoms with Gasteiger partial charge in [-0.05, 0) is 61.0 Å². The van der Waals surface area contributed by atoms with E-state index in [1.54, 1.807) is 18.5 Å². The molecular weight excluding hydrogens is 447 g/mol. The van der Waals surface area contributed by atoms with Gasteiger partial charge in [-0.3, -0.25) is 0 Å². The number of halogens is 1. The Bertz CT molecular complexity index is 1440. The van der Waals surface area contributed by atoms with E-state index in [1.165, 1.54) is 12.1 Å². The van der Waals surface area contributed by atoms with Crippen LogP contribution in [0.4, 0.5) is 20.6 Å². The topological polar surface area (TPSA) is 97.9 Å². The van der Waals surface area contributed by atoms with Crippen molar-refractivity contribution in [1.82, 2.24) is 19.7 Å². The number of carbonyl (C=O) groups is 1. The van der Waals surface area contributed by atoms with Crippen LogP contribution < -0.4 is 10.6 Å². The highest BCUT2D eigenvalue weighted by Crippen LogP contribution is 2.21. The molecule has 5 rings (SSSR count). The molecule has 2 aromatic heterocycles. The molecule has 0 aliphatic rings. The van der Waals surface area contributed by atoms with Gasteiger partial charge in [0.25, 0.3) is 5.89 Å². The maximum atomic E-state index is 13.1. The number of aryl methyl sites for hydroxylation is 1. The summed E-state index contributed by atoms with van der Waals surface area (Å²) in [6.45, 7) is 2.56. The zero-order chi connectivity index (χ0) is 24.2. The molecule has 0 atom stereocenters. The number of rotatable bonds is 6. The fraction of sp³-hybridized carbons (Fsp3) is 0.0769. The molecule has 0 unspecified atom stereocenters. The standard InChI is InChI=1S/C26H21FN6O2/c1-17-2-10-21(11-3-17)29-26(34)30-22-12-4-18(5-13-22)14-33-15-23(28-16-33)25-31-24(32-35-25)19-6-8-20(27)9-7-19/h2-13,15-16H,14H2,1H3,(H2,29,30,34). The zero-order valence-electron chi connectivity index (χ0n) is 18.8. The van der Waals surface area contributed by atoms with E-state index in [0.29, 0.717) is 29.3 Å². The van der Waals surface area contributed by atoms with Crippen molar-refractivity contribution in [2.24, 2.45) is 0 Å². The van der Waals surface area contributed by atoms with Crippen LogP contribution in [0.1, 0.15) is 11.1 Å². The third kappa shape index (κ3) is 5.41. The molecular formula is C26H21FN6O2. The zero-order valence-corrected chi connectivity index (χ0v) is 18.8. The second-order valence-corrected chi connectivity index (χ2v) is 8.00. The van der Waals surface area contributed by atoms with E-state index in [4.69, 9.17) is 4.52 Å². The molecule has 3 aromatic carbocycles. The number of hydrogen-bond acceptors (Lipinski definition) is 5. The molecule has 35 heavy (non-hydrogen) atoms. The summed E-state index contributed by atoms with van der Waals surface area (Å²) in [7, 11) is 0. The summed E-state index contributed by atoms with van der Waals surface area (Å²) in [6.07, 6.45) is 3.49. The first-order valence-electron chi connectivity index (χ1n) is 10.9. The minimum atomic E-state index is -0.328. The van der Waals surface area contributed by atoms with Crippen molar-refractivity contribution in [1.29, 1.82) is 0 Å². The van der Waals surface area contributed by atoms with Crippen LogP contribution in [0.3, 0.4) is 0 Å². The Balaban J connectivity index is 1.19. The molecule has 2 N–H and O–H groups in total. The van der Waals surface area contributed by atoms with E-state index in [1.807, 2.05) is 66.2 Å². The minimum Gasteiger partial charge on any atom is -0.332 e. The number of anilines is 2. The van der Waals surface area contributed by atoms with E-state index in [0.717, 1.165) is 16.8 Å². The molecule has 0 saturated heterocycles. The second-order valence-electron chi connectivity index (χ2n) is 8.00. The Morgan fingerprint density at radius 2 is 1.60 bits per heavy atom. The van der Waals surface area contributed by atoms with Gasteiger partial charge in [-0.15, -0.1) is 0 Å². The largest absolute Gasteiger partial charge is 0.332 e. The van der Waals surface area contributed by atoms with Crippen LogP contribution in [0.25, 0.3) is 23.0 Å². The molecule has 0 radical (unpaired) electrons. The van der Waals surface area contributed by atoms with Crippen molar-refractivity contribution < 1.29 is 13.7 Å². The molecule has 9 heteroatoms. The van der Waals surface area contributed by atoms with Gasteiger partial charge in [-0.2, -0.15) is 4.98 Å². The lowest BCUT2D eigenvalue weighted by Gasteiger charge is -2.09. The van der Waals surface area contributed by atoms with Crippen LogP contribution >= 0.6 is 0 Å². The molecule has 2 amide bonds. The summed E-state index contributed by atoms with van der Waals surface area (Å²) in [4.78, 5) is 20.9. The van der Waals surface area contributed by atoms with Crippen LogP contribution in [-0.4, -0.2) is 25.7 Å². The summed E-state index contributed by atoms with van der Waals surface area (Å²) in [6, 6.07) is 20.7. The van der Waals surface area contributed by atoms with E-state index in [-0.39, 0.29) is 17.7 Å². The Morgan fingerprint density at radius 1 is 0.943 bits per heavy atom. The number of hydrogen-bond donors (Lipinski definition) is 2. The number of carbonyl (C=O) groups excluding carboxylic acids is 1. The predicted molar refractivity (Wildman–Crippen MR) is 130 cm³/mol. The third-order valence-corrected chi connectivity index (χ3v) is 5.27. The Kier molecular flexibility index (Phi) is 6.04. The Labute approximate surface area is 200 Å². The summed E-state index contributed by atoms with van der Waals surface area (Å²) >= 11 is 0. The molecule has 0 fully saturated rings. The van der Waals surface area contributed by atoms with E-state index >= 15 is 0 Å². The molecule has 5 aromatic rings. The van der Waals surface area contributed by atoms with Gasteiger partial charge in [0, 0.05) is 29.7 Å². The van der Waals surface area contributed by atoms with Crippen molar-refractivity contribution in [2.75, 3.05) is 10.6 Å². The average Bonchev–Trinajstić information content (AvgIpc) is 3.52. The van der Waals surface area contributed by atoms with Crippen LogP contribution in [0.2, 0.25) is 0 Å². The highest BCUT2D eigenvalue weighted by Gasteiger charge is 2.13. The molecule has 8 nitrogen and oxygen atoms in total. The lowest BCUT2D eigenvalue weighted by molar-refractivity contribution is 0.262. The number of nitrogens with one attached hydrogen (secondary N) is 2. The fourth-order valence-corrected chi connectivity index (χ4v) is 3.44. The number of urea groups is 1. The average molecular weight is 468 g/mol. The quantitative estimate of drug-likeness (QED) is 0.331. The third-order valence-electron chi connectivity index (χ3n) is 5.27. The Morgan fingerprint density at radius 3 is 2.29 bits per heavy atom. The van der Waals surface area contributed by atoms with Gasteiger partial charge in [0.15, 0.2) is 0 Å². The molecule has 0 spiro atoms. The van der Waals surface area contributed by atoms with Crippen molar-refractivity contribution >= 4 is 17.4 Å². The lowest BCUT2D eigenvalue weighted by Crippen LogP contribution is -2.19. The minimum absolute atomic E-state index is 0.280. The fourth-order valence-electron chi connectivity index (χ4n) is 3.44. The van der Waals surface area contributed by atoms with Crippen LogP contribution in [-0.2, 0) is 6.54 Å². The summed E-state index contributed by atoms with van der Waals surface area (Å²) in [5.74, 6) is 0.316. The molecule has 0 saturated carbocycles. The SMILES string of the molecule is Cc1ccc(NC(=O)Nc2ccc(Cn3cnc(-c4nc(-c5ccc(F)cc5)no4)c3)cc2)cc1. The van der Waals surface area contributed by atoms with Gasteiger partial charge < -0.3 is 19.7 Å². The van der Waals surface area contributed by atoms with Crippen LogP contribution in [0, 0.1) is 12.7 Å². The van der Waals surface area contributed by atoms with Gasteiger partial charge in [-0.25, -0.2) is 14.2 Å². The molecule has 0 bridgehead atoms. The monoisotopic (exact) mass is 468 g/mol. The molecule has 0 aliphatic heterocycles. The van der Waals surface area contributed by atoms with Crippen molar-refractivity contribution in [3.63, 3.8) is 0 Å². The maximum Gasteiger partial charge on any atom is 0.323 e. The van der Waals surface area contributed by atoms with E-state index in [9.17, 15) is 9.18 Å². The van der Waals surface area contributed by atoms with Gasteiger partial charge in [0.2, 0.25) is 5.82 Å². The number of benzene rings is 3. The molecule has 174 valence electrons. The van der Waals surface area contributed by atoms with Gasteiger partial charge in [-0.1, -0.05) is 35.0 Å². The van der Waals surface area contributed by atoms with E-state index in [2.05, 4.69) is 25.8 Å². The predicted octanol–water partition coefficient (Wildman–Crippen LogP) is 5.74. The van der Waals surface area contributed by atoms with Gasteiger partial charge >= 0.3 is 6.03 Å². The van der Waals surface area contributed by atoms with Crippen molar-refractivity contribution in [3.8, 4) is 23.0 Å². The van der Waals surface area contributed by atoms with E-state index < -0.39 is 0 Å². The maximum absolute atomic E-state index is 13.1. The Hall–Kier alpha value is -4.79. The number of imidazole rings is 1. The first-order valence-corrected chi connectivity index (χ1v) is 10.9.